The third-order valence-corrected chi connectivity index (χ3v) is 2.10. The smallest absolute Gasteiger partial charge is 0.0316 e. The van der Waals surface area contributed by atoms with Gasteiger partial charge in [-0.25, -0.2) is 0 Å². The summed E-state index contributed by atoms with van der Waals surface area (Å²) in [4.78, 5) is 0. The lowest BCUT2D eigenvalue weighted by atomic mass is 10.2. The van der Waals surface area contributed by atoms with Crippen molar-refractivity contribution in [1.29, 1.82) is 0 Å². The van der Waals surface area contributed by atoms with Crippen molar-refractivity contribution in [1.82, 2.24) is 0 Å². The Balaban J connectivity index is 2.10. The summed E-state index contributed by atoms with van der Waals surface area (Å²) in [5.41, 5.74) is 2.99. The molecule has 2 aliphatic rings. The second kappa shape index (κ2) is 1.37. The standard InChI is InChI=1S/C8H12/c1-6(7-2-3-7)8-4-5-8/h7H,2-5H2,1H3/i4D. The van der Waals surface area contributed by atoms with Crippen molar-refractivity contribution in [2.75, 3.05) is 0 Å². The third-order valence-electron chi connectivity index (χ3n) is 2.10. The van der Waals surface area contributed by atoms with Gasteiger partial charge in [-0.2, -0.15) is 0 Å². The van der Waals surface area contributed by atoms with E-state index in [1.54, 1.807) is 5.57 Å². The highest BCUT2D eigenvalue weighted by Gasteiger charge is 2.28. The molecule has 0 radical (unpaired) electrons. The van der Waals surface area contributed by atoms with Gasteiger partial charge in [-0.15, -0.1) is 0 Å². The normalized spacial score (nSPS) is 43.6. The lowest BCUT2D eigenvalue weighted by Crippen LogP contribution is -1.74. The first-order valence-electron chi connectivity index (χ1n) is 3.98. The van der Waals surface area contributed by atoms with Crippen molar-refractivity contribution in [3.63, 3.8) is 0 Å². The van der Waals surface area contributed by atoms with Crippen LogP contribution in [-0.2, 0) is 0 Å². The molecular weight excluding hydrogens is 96.1 g/mol. The minimum atomic E-state index is 0.200. The van der Waals surface area contributed by atoms with E-state index in [1.165, 1.54) is 18.4 Å². The van der Waals surface area contributed by atoms with Gasteiger partial charge < -0.3 is 0 Å². The summed E-state index contributed by atoms with van der Waals surface area (Å²) in [5.74, 6) is 0.898. The summed E-state index contributed by atoms with van der Waals surface area (Å²) in [6.07, 6.45) is 4.05. The monoisotopic (exact) mass is 109 g/mol. The summed E-state index contributed by atoms with van der Waals surface area (Å²) in [6, 6.07) is 0. The van der Waals surface area contributed by atoms with E-state index >= 15 is 0 Å². The zero-order valence-corrected chi connectivity index (χ0v) is 5.28. The second-order valence-corrected chi connectivity index (χ2v) is 2.89. The van der Waals surface area contributed by atoms with E-state index in [0.717, 1.165) is 12.3 Å². The van der Waals surface area contributed by atoms with Crippen LogP contribution in [0.4, 0.5) is 0 Å². The van der Waals surface area contributed by atoms with Crippen LogP contribution in [0.2, 0.25) is 0 Å². The van der Waals surface area contributed by atoms with E-state index in [0.29, 0.717) is 0 Å². The van der Waals surface area contributed by atoms with Crippen LogP contribution in [0.1, 0.15) is 34.0 Å². The van der Waals surface area contributed by atoms with Gasteiger partial charge in [-0.3, -0.25) is 0 Å². The van der Waals surface area contributed by atoms with E-state index in [9.17, 15) is 0 Å². The van der Waals surface area contributed by atoms with Gasteiger partial charge >= 0.3 is 0 Å². The van der Waals surface area contributed by atoms with Crippen molar-refractivity contribution in [3.05, 3.63) is 11.1 Å². The molecule has 0 bridgehead atoms. The fourth-order valence-electron chi connectivity index (χ4n) is 1.15. The molecule has 8 heavy (non-hydrogen) atoms. The van der Waals surface area contributed by atoms with Gasteiger partial charge in [0.15, 0.2) is 0 Å². The van der Waals surface area contributed by atoms with Crippen molar-refractivity contribution < 1.29 is 1.37 Å². The predicted octanol–water partition coefficient (Wildman–Crippen LogP) is 2.51. The van der Waals surface area contributed by atoms with Crippen LogP contribution in [0.25, 0.3) is 0 Å². The minimum Gasteiger partial charge on any atom is -0.0710 e. The lowest BCUT2D eigenvalue weighted by molar-refractivity contribution is 0.996. The molecule has 2 fully saturated rings. The van der Waals surface area contributed by atoms with Crippen LogP contribution < -0.4 is 0 Å². The van der Waals surface area contributed by atoms with Gasteiger partial charge in [-0.05, 0) is 38.5 Å². The number of rotatable bonds is 1. The molecule has 1 atom stereocenters. The fraction of sp³-hybridized carbons (Fsp3) is 0.750. The largest absolute Gasteiger partial charge is 0.0710 e. The van der Waals surface area contributed by atoms with Crippen molar-refractivity contribution in [2.45, 2.75) is 32.6 Å². The highest BCUT2D eigenvalue weighted by Crippen LogP contribution is 2.43. The zero-order chi connectivity index (χ0) is 6.43. The Kier molecular flexibility index (Phi) is 0.634. The quantitative estimate of drug-likeness (QED) is 0.454. The predicted molar refractivity (Wildman–Crippen MR) is 34.7 cm³/mol. The number of hydrogen-bond acceptors (Lipinski definition) is 0. The van der Waals surface area contributed by atoms with Crippen molar-refractivity contribution in [3.8, 4) is 0 Å². The van der Waals surface area contributed by atoms with Crippen LogP contribution in [-0.4, -0.2) is 0 Å². The first kappa shape index (κ1) is 3.71. The summed E-state index contributed by atoms with van der Waals surface area (Å²) < 4.78 is 7.35. The number of hydrogen-bond donors (Lipinski definition) is 0. The summed E-state index contributed by atoms with van der Waals surface area (Å²) in [7, 11) is 0. The first-order valence-corrected chi connectivity index (χ1v) is 3.41. The molecule has 0 N–H and O–H groups in total. The zero-order valence-electron chi connectivity index (χ0n) is 6.28. The molecule has 2 rings (SSSR count). The molecule has 0 aliphatic heterocycles. The number of allylic oxidation sites excluding steroid dienone is 2. The van der Waals surface area contributed by atoms with Crippen LogP contribution in [0.15, 0.2) is 11.1 Å². The molecule has 0 spiro atoms. The molecular formula is C8H12. The lowest BCUT2D eigenvalue weighted by Gasteiger charge is -1.90. The average Bonchev–Trinajstić information content (AvgIpc) is 2.53. The maximum Gasteiger partial charge on any atom is 0.0316 e. The topological polar surface area (TPSA) is 0 Å². The molecule has 0 heteroatoms. The highest BCUT2D eigenvalue weighted by atomic mass is 14.3. The molecule has 0 aromatic carbocycles. The molecule has 2 saturated carbocycles. The molecule has 44 valence electrons. The molecule has 0 heterocycles. The summed E-state index contributed by atoms with van der Waals surface area (Å²) in [6.45, 7) is 2.21. The van der Waals surface area contributed by atoms with Gasteiger partial charge in [-0.1, -0.05) is 11.1 Å². The van der Waals surface area contributed by atoms with E-state index < -0.39 is 0 Å². The van der Waals surface area contributed by atoms with Crippen LogP contribution in [0.5, 0.6) is 0 Å². The van der Waals surface area contributed by atoms with Gasteiger partial charge in [0.25, 0.3) is 0 Å². The Labute approximate surface area is 52.0 Å². The Morgan fingerprint density at radius 1 is 1.75 bits per heavy atom. The summed E-state index contributed by atoms with van der Waals surface area (Å²) >= 11 is 0. The van der Waals surface area contributed by atoms with E-state index in [2.05, 4.69) is 6.92 Å². The molecule has 0 amide bonds. The maximum atomic E-state index is 7.35. The van der Waals surface area contributed by atoms with E-state index in [1.807, 2.05) is 0 Å². The third kappa shape index (κ3) is 0.683. The first-order chi connectivity index (χ1) is 4.29. The second-order valence-electron chi connectivity index (χ2n) is 2.89. The van der Waals surface area contributed by atoms with Gasteiger partial charge in [0.1, 0.15) is 0 Å². The van der Waals surface area contributed by atoms with E-state index in [-0.39, 0.29) is 6.40 Å². The molecule has 0 aromatic rings. The Morgan fingerprint density at radius 3 is 2.75 bits per heavy atom. The Bertz CT molecular complexity index is 165. The van der Waals surface area contributed by atoms with Gasteiger partial charge in [0.2, 0.25) is 0 Å². The Hall–Kier alpha value is -0.260. The molecule has 0 saturated heterocycles. The Morgan fingerprint density at radius 2 is 2.38 bits per heavy atom. The molecule has 1 unspecified atom stereocenters. The minimum absolute atomic E-state index is 0.200. The SMILES string of the molecule is [2H]C1CC1=C(C)C1CC1. The summed E-state index contributed by atoms with van der Waals surface area (Å²) in [5, 5.41) is 0. The molecule has 0 nitrogen and oxygen atoms in total. The molecule has 0 aromatic heterocycles. The van der Waals surface area contributed by atoms with Gasteiger partial charge in [0, 0.05) is 1.37 Å². The van der Waals surface area contributed by atoms with Crippen molar-refractivity contribution in [2.24, 2.45) is 5.92 Å². The van der Waals surface area contributed by atoms with Crippen LogP contribution >= 0.6 is 0 Å². The fourth-order valence-corrected chi connectivity index (χ4v) is 1.15. The average molecular weight is 109 g/mol. The van der Waals surface area contributed by atoms with Crippen LogP contribution in [0.3, 0.4) is 0 Å². The van der Waals surface area contributed by atoms with E-state index in [4.69, 9.17) is 1.37 Å². The molecule has 2 aliphatic carbocycles. The highest BCUT2D eigenvalue weighted by molar-refractivity contribution is 5.27. The maximum absolute atomic E-state index is 7.35. The van der Waals surface area contributed by atoms with Crippen molar-refractivity contribution >= 4 is 0 Å². The van der Waals surface area contributed by atoms with Gasteiger partial charge in [0.05, 0.1) is 0 Å². The van der Waals surface area contributed by atoms with Crippen LogP contribution in [0, 0.1) is 5.92 Å².